The van der Waals surface area contributed by atoms with Gasteiger partial charge in [0, 0.05) is 40.9 Å². The lowest BCUT2D eigenvalue weighted by atomic mass is 10.1. The molecule has 104 valence electrons. The van der Waals surface area contributed by atoms with Crippen LogP contribution in [0.2, 0.25) is 0 Å². The highest BCUT2D eigenvalue weighted by Crippen LogP contribution is 2.21. The Bertz CT molecular complexity index is 639. The minimum Gasteiger partial charge on any atom is -0.381 e. The Morgan fingerprint density at radius 1 is 1.35 bits per heavy atom. The number of fused-ring (bicyclic) bond motifs is 1. The van der Waals surface area contributed by atoms with Crippen molar-refractivity contribution in [3.63, 3.8) is 0 Å². The van der Waals surface area contributed by atoms with Crippen molar-refractivity contribution in [1.29, 1.82) is 0 Å². The van der Waals surface area contributed by atoms with E-state index >= 15 is 0 Å². The molecule has 1 aliphatic heterocycles. The monoisotopic (exact) mass is 334 g/mol. The second kappa shape index (κ2) is 5.89. The van der Waals surface area contributed by atoms with E-state index in [2.05, 4.69) is 26.2 Å². The van der Waals surface area contributed by atoms with Gasteiger partial charge in [-0.15, -0.1) is 0 Å². The number of carbonyl (C=O) groups excluding carboxylic acids is 1. The first-order valence-electron chi connectivity index (χ1n) is 6.67. The van der Waals surface area contributed by atoms with Crippen LogP contribution in [-0.4, -0.2) is 30.1 Å². The third-order valence-electron chi connectivity index (χ3n) is 3.49. The summed E-state index contributed by atoms with van der Waals surface area (Å²) in [6.45, 7) is 1.43. The number of nitrogens with zero attached hydrogens (tertiary/aromatic N) is 1. The van der Waals surface area contributed by atoms with Gasteiger partial charge in [-0.3, -0.25) is 9.78 Å². The summed E-state index contributed by atoms with van der Waals surface area (Å²) in [4.78, 5) is 16.8. The van der Waals surface area contributed by atoms with Crippen molar-refractivity contribution in [2.45, 2.75) is 18.9 Å². The molecule has 5 heteroatoms. The summed E-state index contributed by atoms with van der Waals surface area (Å²) in [5.41, 5.74) is 1.50. The van der Waals surface area contributed by atoms with Gasteiger partial charge in [-0.25, -0.2) is 0 Å². The number of ether oxygens (including phenoxy) is 1. The Morgan fingerprint density at radius 3 is 2.95 bits per heavy atom. The molecule has 0 bridgehead atoms. The number of hydrogen-bond acceptors (Lipinski definition) is 3. The number of amides is 1. The second-order valence-corrected chi connectivity index (χ2v) is 5.80. The first-order chi connectivity index (χ1) is 9.74. The molecule has 0 aliphatic carbocycles. The Kier molecular flexibility index (Phi) is 3.98. The third-order valence-corrected chi connectivity index (χ3v) is 3.93. The lowest BCUT2D eigenvalue weighted by Crippen LogP contribution is -2.38. The average Bonchev–Trinajstić information content (AvgIpc) is 2.47. The van der Waals surface area contributed by atoms with Gasteiger partial charge in [0.05, 0.1) is 5.52 Å². The normalized spacial score (nSPS) is 16.2. The maximum atomic E-state index is 12.4. The molecule has 4 nitrogen and oxygen atoms in total. The first kappa shape index (κ1) is 13.5. The van der Waals surface area contributed by atoms with E-state index in [1.165, 1.54) is 0 Å². The van der Waals surface area contributed by atoms with Gasteiger partial charge in [0.15, 0.2) is 0 Å². The second-order valence-electron chi connectivity index (χ2n) is 4.89. The van der Waals surface area contributed by atoms with Gasteiger partial charge in [-0.2, -0.15) is 0 Å². The van der Waals surface area contributed by atoms with E-state index in [-0.39, 0.29) is 11.9 Å². The van der Waals surface area contributed by atoms with E-state index in [0.29, 0.717) is 18.8 Å². The molecule has 1 aromatic carbocycles. The van der Waals surface area contributed by atoms with Gasteiger partial charge in [-0.1, -0.05) is 6.07 Å². The molecule has 1 aliphatic rings. The topological polar surface area (TPSA) is 51.2 Å². The molecule has 3 rings (SSSR count). The molecule has 0 spiro atoms. The van der Waals surface area contributed by atoms with Crippen LogP contribution in [0.3, 0.4) is 0 Å². The zero-order valence-electron chi connectivity index (χ0n) is 10.9. The number of aromatic nitrogens is 1. The van der Waals surface area contributed by atoms with Crippen LogP contribution < -0.4 is 5.32 Å². The predicted octanol–water partition coefficient (Wildman–Crippen LogP) is 2.91. The Labute approximate surface area is 125 Å². The Balaban J connectivity index is 1.88. The molecule has 1 amide bonds. The highest BCUT2D eigenvalue weighted by molar-refractivity contribution is 9.10. The molecule has 0 radical (unpaired) electrons. The van der Waals surface area contributed by atoms with Crippen LogP contribution in [-0.2, 0) is 4.74 Å². The number of carbonyl (C=O) groups is 1. The van der Waals surface area contributed by atoms with Gasteiger partial charge < -0.3 is 10.1 Å². The molecule has 1 aromatic heterocycles. The van der Waals surface area contributed by atoms with Crippen molar-refractivity contribution in [3.8, 4) is 0 Å². The van der Waals surface area contributed by atoms with E-state index in [1.807, 2.05) is 24.3 Å². The molecular weight excluding hydrogens is 320 g/mol. The molecule has 0 atom stereocenters. The van der Waals surface area contributed by atoms with Crippen molar-refractivity contribution in [2.24, 2.45) is 0 Å². The number of hydrogen-bond donors (Lipinski definition) is 1. The fraction of sp³-hybridized carbons (Fsp3) is 0.333. The number of nitrogens with one attached hydrogen (secondary N) is 1. The summed E-state index contributed by atoms with van der Waals surface area (Å²) >= 11 is 3.40. The molecule has 2 aromatic rings. The van der Waals surface area contributed by atoms with Crippen LogP contribution in [0.15, 0.2) is 34.9 Å². The molecule has 1 saturated heterocycles. The van der Waals surface area contributed by atoms with Crippen LogP contribution in [0.1, 0.15) is 23.2 Å². The minimum atomic E-state index is -0.0394. The number of rotatable bonds is 2. The Hall–Kier alpha value is -1.46. The van der Waals surface area contributed by atoms with Crippen LogP contribution in [0.5, 0.6) is 0 Å². The fourth-order valence-corrected chi connectivity index (χ4v) is 2.76. The largest absolute Gasteiger partial charge is 0.381 e. The van der Waals surface area contributed by atoms with E-state index in [0.717, 1.165) is 28.2 Å². The summed E-state index contributed by atoms with van der Waals surface area (Å²) in [5.74, 6) is -0.0394. The van der Waals surface area contributed by atoms with Crippen LogP contribution >= 0.6 is 15.9 Å². The van der Waals surface area contributed by atoms with Gasteiger partial charge >= 0.3 is 0 Å². The van der Waals surface area contributed by atoms with Crippen molar-refractivity contribution in [2.75, 3.05) is 13.2 Å². The van der Waals surface area contributed by atoms with Gasteiger partial charge in [-0.05, 0) is 47.0 Å². The van der Waals surface area contributed by atoms with Crippen molar-refractivity contribution in [1.82, 2.24) is 10.3 Å². The highest BCUT2D eigenvalue weighted by Gasteiger charge is 2.18. The van der Waals surface area contributed by atoms with E-state index in [9.17, 15) is 4.79 Å². The summed E-state index contributed by atoms with van der Waals surface area (Å²) in [7, 11) is 0. The smallest absolute Gasteiger partial charge is 0.252 e. The average molecular weight is 335 g/mol. The molecule has 20 heavy (non-hydrogen) atoms. The summed E-state index contributed by atoms with van der Waals surface area (Å²) in [6, 6.07) is 7.74. The molecule has 0 unspecified atom stereocenters. The van der Waals surface area contributed by atoms with E-state index in [4.69, 9.17) is 4.74 Å². The van der Waals surface area contributed by atoms with Gasteiger partial charge in [0.2, 0.25) is 0 Å². The van der Waals surface area contributed by atoms with Crippen LogP contribution in [0, 0.1) is 0 Å². The van der Waals surface area contributed by atoms with Crippen molar-refractivity contribution in [3.05, 3.63) is 40.5 Å². The molecular formula is C15H15BrN2O2. The summed E-state index contributed by atoms with van der Waals surface area (Å²) < 4.78 is 6.18. The lowest BCUT2D eigenvalue weighted by molar-refractivity contribution is 0.0697. The summed E-state index contributed by atoms with van der Waals surface area (Å²) in [5, 5.41) is 3.95. The third kappa shape index (κ3) is 2.83. The minimum absolute atomic E-state index is 0.0394. The van der Waals surface area contributed by atoms with Crippen LogP contribution in [0.25, 0.3) is 10.9 Å². The highest BCUT2D eigenvalue weighted by atomic mass is 79.9. The van der Waals surface area contributed by atoms with E-state index < -0.39 is 0 Å². The van der Waals surface area contributed by atoms with Crippen molar-refractivity contribution >= 4 is 32.7 Å². The number of benzene rings is 1. The standard InChI is InChI=1S/C15H15BrN2O2/c16-10-8-13-12(2-1-3-14(13)17-9-10)15(19)18-11-4-6-20-7-5-11/h1-3,8-9,11H,4-7H2,(H,18,19). The maximum absolute atomic E-state index is 12.4. The molecule has 0 saturated carbocycles. The number of halogens is 1. The maximum Gasteiger partial charge on any atom is 0.252 e. The zero-order valence-corrected chi connectivity index (χ0v) is 12.5. The molecule has 1 N–H and O–H groups in total. The first-order valence-corrected chi connectivity index (χ1v) is 7.46. The fourth-order valence-electron chi connectivity index (χ4n) is 2.43. The SMILES string of the molecule is O=C(NC1CCOCC1)c1cccc2ncc(Br)cc12. The van der Waals surface area contributed by atoms with Gasteiger partial charge in [0.1, 0.15) is 0 Å². The predicted molar refractivity (Wildman–Crippen MR) is 80.8 cm³/mol. The van der Waals surface area contributed by atoms with Crippen LogP contribution in [0.4, 0.5) is 0 Å². The van der Waals surface area contributed by atoms with Gasteiger partial charge in [0.25, 0.3) is 5.91 Å². The number of pyridine rings is 1. The van der Waals surface area contributed by atoms with Crippen molar-refractivity contribution < 1.29 is 9.53 Å². The molecule has 1 fully saturated rings. The molecule has 2 heterocycles. The zero-order chi connectivity index (χ0) is 13.9. The quantitative estimate of drug-likeness (QED) is 0.918. The lowest BCUT2D eigenvalue weighted by Gasteiger charge is -2.23. The summed E-state index contributed by atoms with van der Waals surface area (Å²) in [6.07, 6.45) is 3.49. The Morgan fingerprint density at radius 2 is 2.15 bits per heavy atom. The van der Waals surface area contributed by atoms with E-state index in [1.54, 1.807) is 6.20 Å².